The van der Waals surface area contributed by atoms with Crippen LogP contribution >= 0.6 is 0 Å². The molecular weight excluding hydrogens is 206 g/mol. The largest absolute Gasteiger partial charge is 0.468 e. The van der Waals surface area contributed by atoms with Crippen LogP contribution in [-0.4, -0.2) is 26.2 Å². The molecule has 0 radical (unpaired) electrons. The van der Waals surface area contributed by atoms with Crippen LogP contribution < -0.4 is 5.32 Å². The Morgan fingerprint density at radius 2 is 2.19 bits per heavy atom. The molecule has 4 heteroatoms. The van der Waals surface area contributed by atoms with Crippen LogP contribution in [0.15, 0.2) is 16.5 Å². The van der Waals surface area contributed by atoms with E-state index in [1.54, 1.807) is 0 Å². The van der Waals surface area contributed by atoms with Crippen molar-refractivity contribution < 1.29 is 13.9 Å². The first-order chi connectivity index (χ1) is 7.45. The van der Waals surface area contributed by atoms with Crippen LogP contribution in [0.3, 0.4) is 0 Å². The zero-order chi connectivity index (χ0) is 12.2. The van der Waals surface area contributed by atoms with Gasteiger partial charge in [0.2, 0.25) is 0 Å². The van der Waals surface area contributed by atoms with E-state index in [0.717, 1.165) is 11.5 Å². The quantitative estimate of drug-likeness (QED) is 0.774. The van der Waals surface area contributed by atoms with Crippen molar-refractivity contribution in [2.24, 2.45) is 0 Å². The van der Waals surface area contributed by atoms with E-state index in [4.69, 9.17) is 4.42 Å². The number of aryl methyl sites for hydroxylation is 1. The number of hydrogen-bond donors (Lipinski definition) is 1. The standard InChI is InChI=1S/C12H19NO3/c1-9-5-6-10(16-9)12(2,3)8-13-7-11(14)15-4/h5-6,13H,7-8H2,1-4H3. The molecule has 90 valence electrons. The zero-order valence-electron chi connectivity index (χ0n) is 10.3. The lowest BCUT2D eigenvalue weighted by Crippen LogP contribution is -2.35. The highest BCUT2D eigenvalue weighted by Gasteiger charge is 2.24. The molecule has 0 fully saturated rings. The molecular formula is C12H19NO3. The highest BCUT2D eigenvalue weighted by Crippen LogP contribution is 2.24. The second kappa shape index (κ2) is 5.16. The number of methoxy groups -OCH3 is 1. The van der Waals surface area contributed by atoms with Gasteiger partial charge < -0.3 is 14.5 Å². The number of ether oxygens (including phenoxy) is 1. The van der Waals surface area contributed by atoms with Crippen LogP contribution in [0.2, 0.25) is 0 Å². The van der Waals surface area contributed by atoms with Gasteiger partial charge >= 0.3 is 5.97 Å². The molecule has 1 rings (SSSR count). The van der Waals surface area contributed by atoms with Gasteiger partial charge in [0.15, 0.2) is 0 Å². The maximum Gasteiger partial charge on any atom is 0.319 e. The van der Waals surface area contributed by atoms with Crippen LogP contribution in [-0.2, 0) is 14.9 Å². The van der Waals surface area contributed by atoms with Gasteiger partial charge in [-0.05, 0) is 19.1 Å². The van der Waals surface area contributed by atoms with Crippen molar-refractivity contribution in [3.8, 4) is 0 Å². The van der Waals surface area contributed by atoms with E-state index >= 15 is 0 Å². The van der Waals surface area contributed by atoms with Crippen molar-refractivity contribution in [1.82, 2.24) is 5.32 Å². The summed E-state index contributed by atoms with van der Waals surface area (Å²) in [5, 5.41) is 3.05. The number of hydrogen-bond acceptors (Lipinski definition) is 4. The number of furan rings is 1. The topological polar surface area (TPSA) is 51.5 Å². The monoisotopic (exact) mass is 225 g/mol. The van der Waals surface area contributed by atoms with Gasteiger partial charge in [0, 0.05) is 12.0 Å². The van der Waals surface area contributed by atoms with Gasteiger partial charge in [-0.2, -0.15) is 0 Å². The molecule has 1 aromatic heterocycles. The number of nitrogens with one attached hydrogen (secondary N) is 1. The third-order valence-corrected chi connectivity index (χ3v) is 2.47. The molecule has 0 saturated carbocycles. The minimum Gasteiger partial charge on any atom is -0.468 e. The summed E-state index contributed by atoms with van der Waals surface area (Å²) in [4.78, 5) is 10.9. The molecule has 1 heterocycles. The fraction of sp³-hybridized carbons (Fsp3) is 0.583. The minimum absolute atomic E-state index is 0.137. The summed E-state index contributed by atoms with van der Waals surface area (Å²) in [6.45, 7) is 6.93. The molecule has 1 N–H and O–H groups in total. The van der Waals surface area contributed by atoms with Crippen molar-refractivity contribution in [2.45, 2.75) is 26.2 Å². The van der Waals surface area contributed by atoms with E-state index in [1.165, 1.54) is 7.11 Å². The highest BCUT2D eigenvalue weighted by atomic mass is 16.5. The molecule has 0 atom stereocenters. The second-order valence-corrected chi connectivity index (χ2v) is 4.47. The minimum atomic E-state index is -0.258. The molecule has 0 amide bonds. The molecule has 0 aromatic carbocycles. The van der Waals surface area contributed by atoms with Crippen LogP contribution in [0, 0.1) is 6.92 Å². The van der Waals surface area contributed by atoms with Gasteiger partial charge in [-0.3, -0.25) is 4.79 Å². The summed E-state index contributed by atoms with van der Waals surface area (Å²) in [5.74, 6) is 1.56. The van der Waals surface area contributed by atoms with Crippen molar-refractivity contribution >= 4 is 5.97 Å². The van der Waals surface area contributed by atoms with E-state index in [-0.39, 0.29) is 17.9 Å². The lowest BCUT2D eigenvalue weighted by atomic mass is 9.90. The van der Waals surface area contributed by atoms with Crippen LogP contribution in [0.5, 0.6) is 0 Å². The van der Waals surface area contributed by atoms with Crippen molar-refractivity contribution in [3.05, 3.63) is 23.7 Å². The Labute approximate surface area is 96.0 Å². The number of carbonyl (C=O) groups is 1. The van der Waals surface area contributed by atoms with Gasteiger partial charge in [-0.25, -0.2) is 0 Å². The van der Waals surface area contributed by atoms with E-state index in [2.05, 4.69) is 23.9 Å². The Morgan fingerprint density at radius 3 is 2.69 bits per heavy atom. The molecule has 16 heavy (non-hydrogen) atoms. The number of carbonyl (C=O) groups excluding carboxylic acids is 1. The lowest BCUT2D eigenvalue weighted by molar-refractivity contribution is -0.139. The first-order valence-electron chi connectivity index (χ1n) is 5.30. The zero-order valence-corrected chi connectivity index (χ0v) is 10.3. The number of rotatable bonds is 5. The van der Waals surface area contributed by atoms with E-state index in [1.807, 2.05) is 19.1 Å². The summed E-state index contributed by atoms with van der Waals surface area (Å²) in [5.41, 5.74) is -0.137. The van der Waals surface area contributed by atoms with Gasteiger partial charge in [0.25, 0.3) is 0 Å². The lowest BCUT2D eigenvalue weighted by Gasteiger charge is -2.22. The van der Waals surface area contributed by atoms with Crippen molar-refractivity contribution in [1.29, 1.82) is 0 Å². The Balaban J connectivity index is 2.49. The summed E-state index contributed by atoms with van der Waals surface area (Å²) in [6, 6.07) is 3.91. The summed E-state index contributed by atoms with van der Waals surface area (Å²) < 4.78 is 10.1. The Hall–Kier alpha value is -1.29. The Kier molecular flexibility index (Phi) is 4.12. The smallest absolute Gasteiger partial charge is 0.319 e. The normalized spacial score (nSPS) is 11.5. The number of esters is 1. The van der Waals surface area contributed by atoms with Gasteiger partial charge in [-0.1, -0.05) is 13.8 Å². The van der Waals surface area contributed by atoms with Gasteiger partial charge in [0.1, 0.15) is 11.5 Å². The average Bonchev–Trinajstić information content (AvgIpc) is 2.65. The third kappa shape index (κ3) is 3.38. The van der Waals surface area contributed by atoms with Gasteiger partial charge in [0.05, 0.1) is 13.7 Å². The summed E-state index contributed by atoms with van der Waals surface area (Å²) in [6.07, 6.45) is 0. The third-order valence-electron chi connectivity index (χ3n) is 2.47. The van der Waals surface area contributed by atoms with Crippen LogP contribution in [0.25, 0.3) is 0 Å². The molecule has 4 nitrogen and oxygen atoms in total. The summed E-state index contributed by atoms with van der Waals surface area (Å²) >= 11 is 0. The van der Waals surface area contributed by atoms with Gasteiger partial charge in [-0.15, -0.1) is 0 Å². The van der Waals surface area contributed by atoms with Crippen LogP contribution in [0.4, 0.5) is 0 Å². The molecule has 0 saturated heterocycles. The SMILES string of the molecule is COC(=O)CNCC(C)(C)c1ccc(C)o1. The first-order valence-corrected chi connectivity index (χ1v) is 5.30. The fourth-order valence-corrected chi connectivity index (χ4v) is 1.43. The predicted octanol–water partition coefficient (Wildman–Crippen LogP) is 1.63. The Morgan fingerprint density at radius 1 is 1.50 bits per heavy atom. The first kappa shape index (κ1) is 12.8. The maximum atomic E-state index is 10.9. The predicted molar refractivity (Wildman–Crippen MR) is 61.4 cm³/mol. The maximum absolute atomic E-state index is 10.9. The highest BCUT2D eigenvalue weighted by molar-refractivity contribution is 5.71. The second-order valence-electron chi connectivity index (χ2n) is 4.47. The van der Waals surface area contributed by atoms with Crippen molar-refractivity contribution in [3.63, 3.8) is 0 Å². The molecule has 0 aliphatic heterocycles. The summed E-state index contributed by atoms with van der Waals surface area (Å²) in [7, 11) is 1.38. The van der Waals surface area contributed by atoms with E-state index < -0.39 is 0 Å². The molecule has 0 bridgehead atoms. The molecule has 0 aliphatic rings. The molecule has 0 unspecified atom stereocenters. The molecule has 1 aromatic rings. The van der Waals surface area contributed by atoms with E-state index in [0.29, 0.717) is 6.54 Å². The van der Waals surface area contributed by atoms with E-state index in [9.17, 15) is 4.79 Å². The fourth-order valence-electron chi connectivity index (χ4n) is 1.43. The van der Waals surface area contributed by atoms with Crippen LogP contribution in [0.1, 0.15) is 25.4 Å². The Bertz CT molecular complexity index is 355. The molecule has 0 aliphatic carbocycles. The average molecular weight is 225 g/mol. The molecule has 0 spiro atoms. The van der Waals surface area contributed by atoms with Crippen molar-refractivity contribution in [2.75, 3.05) is 20.2 Å².